The summed E-state index contributed by atoms with van der Waals surface area (Å²) in [6, 6.07) is 8.00. The summed E-state index contributed by atoms with van der Waals surface area (Å²) in [5.74, 6) is 0.339. The smallest absolute Gasteiger partial charge is 0.117 e. The van der Waals surface area contributed by atoms with Gasteiger partial charge in [-0.05, 0) is 25.0 Å². The van der Waals surface area contributed by atoms with Crippen LogP contribution < -0.4 is 5.32 Å². The van der Waals surface area contributed by atoms with Crippen LogP contribution in [0, 0.1) is 0 Å². The van der Waals surface area contributed by atoms with Crippen molar-refractivity contribution in [1.29, 1.82) is 0 Å². The average molecular weight is 263 g/mol. The van der Waals surface area contributed by atoms with Crippen LogP contribution >= 0.6 is 0 Å². The molecular weight excluding hydrogens is 234 g/mol. The van der Waals surface area contributed by atoms with Crippen molar-refractivity contribution >= 4 is 5.69 Å². The van der Waals surface area contributed by atoms with Crippen molar-refractivity contribution in [2.45, 2.75) is 71.3 Å². The highest BCUT2D eigenvalue weighted by Crippen LogP contribution is 2.20. The molecule has 1 rings (SSSR count). The summed E-state index contributed by atoms with van der Waals surface area (Å²) in [5.41, 5.74) is 1.04. The highest BCUT2D eigenvalue weighted by molar-refractivity contribution is 5.48. The molecule has 2 nitrogen and oxygen atoms in total. The van der Waals surface area contributed by atoms with Gasteiger partial charge in [-0.3, -0.25) is 0 Å². The molecule has 0 saturated heterocycles. The number of benzene rings is 1. The standard InChI is InChI=1S/C17H29NO/c1-3-5-7-10-15(11-8-6-4-2)18-16-12-9-13-17(19)14-16/h9,12-15,18-19H,3-8,10-11H2,1-2H3. The second-order valence-electron chi connectivity index (χ2n) is 5.38. The zero-order valence-corrected chi connectivity index (χ0v) is 12.5. The molecule has 0 fully saturated rings. The van der Waals surface area contributed by atoms with Gasteiger partial charge in [0.2, 0.25) is 0 Å². The Morgan fingerprint density at radius 3 is 2.16 bits per heavy atom. The van der Waals surface area contributed by atoms with Gasteiger partial charge in [-0.2, -0.15) is 0 Å². The molecule has 108 valence electrons. The van der Waals surface area contributed by atoms with Crippen LogP contribution in [0.5, 0.6) is 5.75 Å². The Kier molecular flexibility index (Phi) is 8.11. The summed E-state index contributed by atoms with van der Waals surface area (Å²) < 4.78 is 0. The molecule has 19 heavy (non-hydrogen) atoms. The summed E-state index contributed by atoms with van der Waals surface area (Å²) in [6.07, 6.45) is 10.2. The molecule has 0 heterocycles. The molecule has 0 radical (unpaired) electrons. The van der Waals surface area contributed by atoms with Crippen molar-refractivity contribution in [1.82, 2.24) is 0 Å². The normalized spacial score (nSPS) is 10.9. The first-order chi connectivity index (χ1) is 9.26. The number of rotatable bonds is 10. The second kappa shape index (κ2) is 9.71. The minimum atomic E-state index is 0.339. The Labute approximate surface area is 118 Å². The van der Waals surface area contributed by atoms with Crippen LogP contribution in [0.4, 0.5) is 5.69 Å². The number of nitrogens with one attached hydrogen (secondary N) is 1. The van der Waals surface area contributed by atoms with Gasteiger partial charge < -0.3 is 10.4 Å². The van der Waals surface area contributed by atoms with E-state index in [1.165, 1.54) is 51.4 Å². The largest absolute Gasteiger partial charge is 0.508 e. The lowest BCUT2D eigenvalue weighted by atomic mass is 10.0. The topological polar surface area (TPSA) is 32.3 Å². The molecular formula is C17H29NO. The Bertz CT molecular complexity index is 328. The number of unbranched alkanes of at least 4 members (excludes halogenated alkanes) is 4. The average Bonchev–Trinajstić information content (AvgIpc) is 2.39. The van der Waals surface area contributed by atoms with Crippen LogP contribution in [0.1, 0.15) is 65.2 Å². The molecule has 0 spiro atoms. The zero-order chi connectivity index (χ0) is 13.9. The van der Waals surface area contributed by atoms with Gasteiger partial charge in [0.1, 0.15) is 5.75 Å². The number of aromatic hydroxyl groups is 1. The molecule has 0 aromatic heterocycles. The fourth-order valence-corrected chi connectivity index (χ4v) is 2.40. The van der Waals surface area contributed by atoms with Gasteiger partial charge >= 0.3 is 0 Å². The minimum absolute atomic E-state index is 0.339. The quantitative estimate of drug-likeness (QED) is 0.559. The Morgan fingerprint density at radius 2 is 1.63 bits per heavy atom. The summed E-state index contributed by atoms with van der Waals surface area (Å²) in [6.45, 7) is 4.49. The Morgan fingerprint density at radius 1 is 1.00 bits per heavy atom. The summed E-state index contributed by atoms with van der Waals surface area (Å²) in [7, 11) is 0. The van der Waals surface area contributed by atoms with Crippen molar-refractivity contribution in [3.05, 3.63) is 24.3 Å². The summed E-state index contributed by atoms with van der Waals surface area (Å²) in [5, 5.41) is 13.1. The molecule has 0 aliphatic heterocycles. The lowest BCUT2D eigenvalue weighted by Gasteiger charge is -2.20. The van der Waals surface area contributed by atoms with E-state index in [0.29, 0.717) is 11.8 Å². The highest BCUT2D eigenvalue weighted by Gasteiger charge is 2.08. The molecule has 0 amide bonds. The van der Waals surface area contributed by atoms with Crippen molar-refractivity contribution in [2.75, 3.05) is 5.32 Å². The molecule has 1 aromatic carbocycles. The maximum Gasteiger partial charge on any atom is 0.117 e. The van der Waals surface area contributed by atoms with Crippen LogP contribution in [-0.4, -0.2) is 11.1 Å². The SMILES string of the molecule is CCCCCC(CCCCC)Nc1cccc(O)c1. The summed E-state index contributed by atoms with van der Waals surface area (Å²) >= 11 is 0. The molecule has 0 atom stereocenters. The number of phenols is 1. The van der Waals surface area contributed by atoms with E-state index in [0.717, 1.165) is 5.69 Å². The molecule has 0 saturated carbocycles. The molecule has 0 aliphatic rings. The van der Waals surface area contributed by atoms with Crippen molar-refractivity contribution in [2.24, 2.45) is 0 Å². The lowest BCUT2D eigenvalue weighted by Crippen LogP contribution is -2.19. The molecule has 1 aromatic rings. The van der Waals surface area contributed by atoms with Gasteiger partial charge in [-0.15, -0.1) is 0 Å². The molecule has 0 aliphatic carbocycles. The third kappa shape index (κ3) is 7.09. The predicted octanol–water partition coefficient (Wildman–Crippen LogP) is 5.33. The third-order valence-electron chi connectivity index (χ3n) is 3.53. The number of hydrogen-bond donors (Lipinski definition) is 2. The number of phenolic OH excluding ortho intramolecular Hbond substituents is 1. The van der Waals surface area contributed by atoms with Crippen LogP contribution in [0.25, 0.3) is 0 Å². The lowest BCUT2D eigenvalue weighted by molar-refractivity contribution is 0.475. The van der Waals surface area contributed by atoms with E-state index in [1.807, 2.05) is 18.2 Å². The van der Waals surface area contributed by atoms with E-state index in [4.69, 9.17) is 0 Å². The summed E-state index contributed by atoms with van der Waals surface area (Å²) in [4.78, 5) is 0. The first-order valence-electron chi connectivity index (χ1n) is 7.81. The van der Waals surface area contributed by atoms with Crippen molar-refractivity contribution in [3.8, 4) is 5.75 Å². The van der Waals surface area contributed by atoms with Gasteiger partial charge in [0.25, 0.3) is 0 Å². The van der Waals surface area contributed by atoms with Gasteiger partial charge in [-0.1, -0.05) is 58.4 Å². The van der Waals surface area contributed by atoms with Gasteiger partial charge in [0, 0.05) is 17.8 Å². The minimum Gasteiger partial charge on any atom is -0.508 e. The van der Waals surface area contributed by atoms with Gasteiger partial charge in [-0.25, -0.2) is 0 Å². The molecule has 0 bridgehead atoms. The van der Waals surface area contributed by atoms with Crippen molar-refractivity contribution in [3.63, 3.8) is 0 Å². The molecule has 2 heteroatoms. The molecule has 2 N–H and O–H groups in total. The number of hydrogen-bond acceptors (Lipinski definition) is 2. The fourth-order valence-electron chi connectivity index (χ4n) is 2.40. The monoisotopic (exact) mass is 263 g/mol. The highest BCUT2D eigenvalue weighted by atomic mass is 16.3. The number of anilines is 1. The Hall–Kier alpha value is -1.18. The predicted molar refractivity (Wildman–Crippen MR) is 83.8 cm³/mol. The van der Waals surface area contributed by atoms with E-state index in [-0.39, 0.29) is 0 Å². The van der Waals surface area contributed by atoms with E-state index in [1.54, 1.807) is 6.07 Å². The maximum absolute atomic E-state index is 9.51. The van der Waals surface area contributed by atoms with Gasteiger partial charge in [0.05, 0.1) is 0 Å². The first kappa shape index (κ1) is 15.9. The van der Waals surface area contributed by atoms with Crippen LogP contribution in [-0.2, 0) is 0 Å². The Balaban J connectivity index is 2.46. The first-order valence-corrected chi connectivity index (χ1v) is 7.81. The maximum atomic E-state index is 9.51. The van der Waals surface area contributed by atoms with E-state index < -0.39 is 0 Å². The third-order valence-corrected chi connectivity index (χ3v) is 3.53. The van der Waals surface area contributed by atoms with E-state index in [2.05, 4.69) is 19.2 Å². The van der Waals surface area contributed by atoms with Crippen LogP contribution in [0.3, 0.4) is 0 Å². The van der Waals surface area contributed by atoms with E-state index in [9.17, 15) is 5.11 Å². The van der Waals surface area contributed by atoms with Crippen LogP contribution in [0.15, 0.2) is 24.3 Å². The van der Waals surface area contributed by atoms with Crippen molar-refractivity contribution < 1.29 is 5.11 Å². The zero-order valence-electron chi connectivity index (χ0n) is 12.5. The van der Waals surface area contributed by atoms with Crippen LogP contribution in [0.2, 0.25) is 0 Å². The fraction of sp³-hybridized carbons (Fsp3) is 0.647. The molecule has 0 unspecified atom stereocenters. The van der Waals surface area contributed by atoms with Gasteiger partial charge in [0.15, 0.2) is 0 Å². The second-order valence-corrected chi connectivity index (χ2v) is 5.38. The van der Waals surface area contributed by atoms with E-state index >= 15 is 0 Å².